The summed E-state index contributed by atoms with van der Waals surface area (Å²) >= 11 is 0. The van der Waals surface area contributed by atoms with E-state index in [0.717, 1.165) is 39.5 Å². The summed E-state index contributed by atoms with van der Waals surface area (Å²) in [5.74, 6) is 0.720. The summed E-state index contributed by atoms with van der Waals surface area (Å²) < 4.78 is 0. The van der Waals surface area contributed by atoms with E-state index in [2.05, 4.69) is 158 Å². The lowest BCUT2D eigenvalue weighted by Crippen LogP contribution is -2.28. The van der Waals surface area contributed by atoms with E-state index in [4.69, 9.17) is 9.97 Å². The summed E-state index contributed by atoms with van der Waals surface area (Å²) in [5, 5.41) is 0. The maximum atomic E-state index is 5.05. The highest BCUT2D eigenvalue weighted by atomic mass is 14.9. The summed E-state index contributed by atoms with van der Waals surface area (Å²) in [6, 6.07) is 69.2. The minimum Gasteiger partial charge on any atom is -0.228 e. The first-order valence-electron chi connectivity index (χ1n) is 16.8. The number of benzene rings is 7. The molecule has 8 aromatic rings. The van der Waals surface area contributed by atoms with Gasteiger partial charge in [-0.1, -0.05) is 182 Å². The molecule has 2 nitrogen and oxygen atoms in total. The van der Waals surface area contributed by atoms with Gasteiger partial charge in [-0.3, -0.25) is 0 Å². The van der Waals surface area contributed by atoms with Crippen LogP contribution in [0.15, 0.2) is 194 Å². The molecule has 0 fully saturated rings. The molecule has 49 heavy (non-hydrogen) atoms. The molecule has 9 rings (SSSR count). The standard InChI is InChI=1S/C47H32N2/c1-5-15-34(16-6-1)44-32-45(49-46(48-44)36-17-7-2-8-18-36)35-27-25-33(26-28-35)37-29-30-41-40-23-13-14-24-42(40)47(43(41)31-37,38-19-9-3-10-20-38)39-21-11-4-12-22-39/h1-32H. The highest BCUT2D eigenvalue weighted by molar-refractivity contribution is 5.88. The molecule has 1 heterocycles. The molecular weight excluding hydrogens is 593 g/mol. The van der Waals surface area contributed by atoms with Crippen molar-refractivity contribution in [2.45, 2.75) is 5.41 Å². The van der Waals surface area contributed by atoms with Gasteiger partial charge in [-0.25, -0.2) is 9.97 Å². The zero-order chi connectivity index (χ0) is 32.6. The first kappa shape index (κ1) is 28.8. The van der Waals surface area contributed by atoms with E-state index in [1.807, 2.05) is 36.4 Å². The Labute approximate surface area is 287 Å². The fourth-order valence-corrected chi connectivity index (χ4v) is 7.53. The Hall–Kier alpha value is -6.38. The molecule has 0 amide bonds. The molecule has 0 bridgehead atoms. The van der Waals surface area contributed by atoms with Crippen molar-refractivity contribution < 1.29 is 0 Å². The number of aromatic nitrogens is 2. The lowest BCUT2D eigenvalue weighted by molar-refractivity contribution is 0.769. The summed E-state index contributed by atoms with van der Waals surface area (Å²) in [6.07, 6.45) is 0. The van der Waals surface area contributed by atoms with E-state index in [1.54, 1.807) is 0 Å². The van der Waals surface area contributed by atoms with E-state index in [0.29, 0.717) is 0 Å². The van der Waals surface area contributed by atoms with Gasteiger partial charge >= 0.3 is 0 Å². The van der Waals surface area contributed by atoms with Gasteiger partial charge in [0.25, 0.3) is 0 Å². The van der Waals surface area contributed by atoms with Gasteiger partial charge in [-0.15, -0.1) is 0 Å². The van der Waals surface area contributed by atoms with Gasteiger partial charge in [0.15, 0.2) is 5.82 Å². The first-order valence-corrected chi connectivity index (χ1v) is 16.8. The normalized spacial score (nSPS) is 12.7. The molecule has 0 unspecified atom stereocenters. The third-order valence-corrected chi connectivity index (χ3v) is 9.80. The molecule has 0 aliphatic heterocycles. The third kappa shape index (κ3) is 4.89. The summed E-state index contributed by atoms with van der Waals surface area (Å²) in [7, 11) is 0. The van der Waals surface area contributed by atoms with Gasteiger partial charge in [0.05, 0.1) is 16.8 Å². The molecule has 0 saturated carbocycles. The largest absolute Gasteiger partial charge is 0.228 e. The molecule has 0 atom stereocenters. The molecule has 0 spiro atoms. The van der Waals surface area contributed by atoms with Crippen LogP contribution in [0.2, 0.25) is 0 Å². The van der Waals surface area contributed by atoms with E-state index < -0.39 is 5.41 Å². The van der Waals surface area contributed by atoms with Crippen molar-refractivity contribution in [3.05, 3.63) is 216 Å². The zero-order valence-corrected chi connectivity index (χ0v) is 26.9. The van der Waals surface area contributed by atoms with Crippen LogP contribution in [0.1, 0.15) is 22.3 Å². The van der Waals surface area contributed by atoms with Crippen LogP contribution >= 0.6 is 0 Å². The van der Waals surface area contributed by atoms with Crippen LogP contribution in [-0.2, 0) is 5.41 Å². The molecule has 0 N–H and O–H groups in total. The van der Waals surface area contributed by atoms with Gasteiger partial charge in [0, 0.05) is 16.7 Å². The quantitative estimate of drug-likeness (QED) is 0.184. The summed E-state index contributed by atoms with van der Waals surface area (Å²) in [4.78, 5) is 10.0. The van der Waals surface area contributed by atoms with Gasteiger partial charge in [0.1, 0.15) is 0 Å². The minimum atomic E-state index is -0.424. The lowest BCUT2D eigenvalue weighted by atomic mass is 9.67. The predicted molar refractivity (Wildman–Crippen MR) is 201 cm³/mol. The number of rotatable bonds is 6. The Morgan fingerprint density at radius 3 is 1.37 bits per heavy atom. The van der Waals surface area contributed by atoms with E-state index in [9.17, 15) is 0 Å². The van der Waals surface area contributed by atoms with E-state index in [-0.39, 0.29) is 0 Å². The molecule has 1 aliphatic carbocycles. The van der Waals surface area contributed by atoms with Crippen molar-refractivity contribution in [2.75, 3.05) is 0 Å². The SMILES string of the molecule is c1ccc(-c2cc(-c3ccc(-c4ccc5c(c4)C(c4ccccc4)(c4ccccc4)c4ccccc4-5)cc3)nc(-c3ccccc3)n2)cc1. The average molecular weight is 625 g/mol. The zero-order valence-electron chi connectivity index (χ0n) is 26.9. The molecule has 1 aromatic heterocycles. The maximum absolute atomic E-state index is 5.05. The van der Waals surface area contributed by atoms with Crippen LogP contribution in [0.5, 0.6) is 0 Å². The van der Waals surface area contributed by atoms with Crippen molar-refractivity contribution >= 4 is 0 Å². The maximum Gasteiger partial charge on any atom is 0.160 e. The van der Waals surface area contributed by atoms with Gasteiger partial charge in [-0.05, 0) is 56.6 Å². The Morgan fingerprint density at radius 2 is 0.755 bits per heavy atom. The van der Waals surface area contributed by atoms with E-state index >= 15 is 0 Å². The second-order valence-electron chi connectivity index (χ2n) is 12.6. The fourth-order valence-electron chi connectivity index (χ4n) is 7.53. The molecule has 0 saturated heterocycles. The highest BCUT2D eigenvalue weighted by Gasteiger charge is 2.46. The molecule has 230 valence electrons. The van der Waals surface area contributed by atoms with Crippen molar-refractivity contribution in [3.8, 4) is 56.2 Å². The van der Waals surface area contributed by atoms with Crippen LogP contribution in [-0.4, -0.2) is 9.97 Å². The Morgan fingerprint density at radius 1 is 0.306 bits per heavy atom. The van der Waals surface area contributed by atoms with Crippen LogP contribution < -0.4 is 0 Å². The Bertz CT molecular complexity index is 2300. The van der Waals surface area contributed by atoms with Crippen LogP contribution in [0.3, 0.4) is 0 Å². The monoisotopic (exact) mass is 624 g/mol. The van der Waals surface area contributed by atoms with Crippen LogP contribution in [0, 0.1) is 0 Å². The third-order valence-electron chi connectivity index (χ3n) is 9.80. The van der Waals surface area contributed by atoms with Crippen molar-refractivity contribution in [1.82, 2.24) is 9.97 Å². The molecular formula is C47H32N2. The number of fused-ring (bicyclic) bond motifs is 3. The Kier molecular flexibility index (Phi) is 7.06. The van der Waals surface area contributed by atoms with Gasteiger partial charge in [-0.2, -0.15) is 0 Å². The topological polar surface area (TPSA) is 25.8 Å². The molecule has 1 aliphatic rings. The molecule has 0 radical (unpaired) electrons. The van der Waals surface area contributed by atoms with Gasteiger partial charge < -0.3 is 0 Å². The Balaban J connectivity index is 1.17. The van der Waals surface area contributed by atoms with Crippen LogP contribution in [0.25, 0.3) is 56.2 Å². The fraction of sp³-hybridized carbons (Fsp3) is 0.0213. The second kappa shape index (κ2) is 12.0. The molecule has 2 heteroatoms. The number of hydrogen-bond acceptors (Lipinski definition) is 2. The minimum absolute atomic E-state index is 0.424. The van der Waals surface area contributed by atoms with Crippen molar-refractivity contribution in [3.63, 3.8) is 0 Å². The summed E-state index contributed by atoms with van der Waals surface area (Å²) in [6.45, 7) is 0. The first-order chi connectivity index (χ1) is 24.3. The highest BCUT2D eigenvalue weighted by Crippen LogP contribution is 2.56. The average Bonchev–Trinajstić information content (AvgIpc) is 3.49. The van der Waals surface area contributed by atoms with E-state index in [1.165, 1.54) is 38.9 Å². The van der Waals surface area contributed by atoms with Crippen molar-refractivity contribution in [1.29, 1.82) is 0 Å². The van der Waals surface area contributed by atoms with Crippen LogP contribution in [0.4, 0.5) is 0 Å². The second-order valence-corrected chi connectivity index (χ2v) is 12.6. The number of nitrogens with zero attached hydrogens (tertiary/aromatic N) is 2. The number of hydrogen-bond donors (Lipinski definition) is 0. The lowest BCUT2D eigenvalue weighted by Gasteiger charge is -2.34. The molecule has 7 aromatic carbocycles. The van der Waals surface area contributed by atoms with Crippen molar-refractivity contribution in [2.24, 2.45) is 0 Å². The predicted octanol–water partition coefficient (Wildman–Crippen LogP) is 11.5. The smallest absolute Gasteiger partial charge is 0.160 e. The van der Waals surface area contributed by atoms with Gasteiger partial charge in [0.2, 0.25) is 0 Å². The summed E-state index contributed by atoms with van der Waals surface area (Å²) in [5.41, 5.74) is 14.6.